The maximum atomic E-state index is 12.1. The van der Waals surface area contributed by atoms with Gasteiger partial charge in [0.2, 0.25) is 5.91 Å². The Hall–Kier alpha value is -1.92. The van der Waals surface area contributed by atoms with E-state index in [4.69, 9.17) is 11.6 Å². The molecule has 6 nitrogen and oxygen atoms in total. The predicted octanol–water partition coefficient (Wildman–Crippen LogP) is 2.16. The van der Waals surface area contributed by atoms with Gasteiger partial charge in [-0.2, -0.15) is 5.10 Å². The molecule has 0 spiro atoms. The molecule has 118 valence electrons. The Balaban J connectivity index is 1.94. The zero-order chi connectivity index (χ0) is 16.3. The van der Waals surface area contributed by atoms with E-state index in [2.05, 4.69) is 15.4 Å². The van der Waals surface area contributed by atoms with Crippen LogP contribution in [0.2, 0.25) is 5.02 Å². The lowest BCUT2D eigenvalue weighted by molar-refractivity contribution is -0.117. The summed E-state index contributed by atoms with van der Waals surface area (Å²) in [5.74, 6) is 0.448. The molecule has 22 heavy (non-hydrogen) atoms. The minimum absolute atomic E-state index is 0.115. The van der Waals surface area contributed by atoms with Crippen LogP contribution in [0.3, 0.4) is 0 Å². The molecule has 1 N–H and O–H groups in total. The molecule has 0 bridgehead atoms. The smallest absolute Gasteiger partial charge is 0.239 e. The molecule has 2 heterocycles. The third kappa shape index (κ3) is 4.05. The van der Waals surface area contributed by atoms with E-state index in [-0.39, 0.29) is 12.5 Å². The van der Waals surface area contributed by atoms with E-state index in [0.29, 0.717) is 17.4 Å². The van der Waals surface area contributed by atoms with Crippen molar-refractivity contribution in [3.05, 3.63) is 40.3 Å². The number of anilines is 1. The molecule has 0 aliphatic carbocycles. The second-order valence-electron chi connectivity index (χ2n) is 5.41. The topological polar surface area (TPSA) is 63.1 Å². The highest BCUT2D eigenvalue weighted by Crippen LogP contribution is 2.20. The van der Waals surface area contributed by atoms with Gasteiger partial charge < -0.3 is 5.32 Å². The van der Waals surface area contributed by atoms with Crippen LogP contribution in [0.5, 0.6) is 0 Å². The number of carbonyl (C=O) groups is 1. The summed E-state index contributed by atoms with van der Waals surface area (Å²) in [6, 6.07) is 3.72. The van der Waals surface area contributed by atoms with Crippen molar-refractivity contribution >= 4 is 23.3 Å². The zero-order valence-electron chi connectivity index (χ0n) is 13.2. The van der Waals surface area contributed by atoms with Gasteiger partial charge in [0, 0.05) is 19.8 Å². The summed E-state index contributed by atoms with van der Waals surface area (Å²) in [5.41, 5.74) is 2.74. The van der Waals surface area contributed by atoms with Gasteiger partial charge in [0.25, 0.3) is 0 Å². The highest BCUT2D eigenvalue weighted by Gasteiger charge is 2.15. The number of rotatable bonds is 5. The molecule has 0 saturated heterocycles. The first kappa shape index (κ1) is 16.5. The number of hydrogen-bond donors (Lipinski definition) is 1. The molecule has 0 unspecified atom stereocenters. The molecular weight excluding hydrogens is 302 g/mol. The summed E-state index contributed by atoms with van der Waals surface area (Å²) < 4.78 is 1.74. The minimum Gasteiger partial charge on any atom is -0.310 e. The molecule has 1 amide bonds. The number of halogens is 1. The first-order valence-corrected chi connectivity index (χ1v) is 7.33. The summed E-state index contributed by atoms with van der Waals surface area (Å²) in [5, 5.41) is 7.70. The minimum atomic E-state index is -0.115. The van der Waals surface area contributed by atoms with Gasteiger partial charge in [-0.25, -0.2) is 4.98 Å². The number of likely N-dealkylation sites (N-methyl/N-ethyl adjacent to an activating group) is 1. The Morgan fingerprint density at radius 1 is 1.45 bits per heavy atom. The number of pyridine rings is 1. The van der Waals surface area contributed by atoms with Crippen LogP contribution >= 0.6 is 11.6 Å². The van der Waals surface area contributed by atoms with Crippen LogP contribution in [0.4, 0.5) is 5.82 Å². The number of hydrogen-bond acceptors (Lipinski definition) is 4. The van der Waals surface area contributed by atoms with E-state index < -0.39 is 0 Å². The summed E-state index contributed by atoms with van der Waals surface area (Å²) in [4.78, 5) is 18.1. The zero-order valence-corrected chi connectivity index (χ0v) is 14.0. The molecule has 0 atom stereocenters. The van der Waals surface area contributed by atoms with Gasteiger partial charge in [0.05, 0.1) is 23.0 Å². The molecule has 0 radical (unpaired) electrons. The van der Waals surface area contributed by atoms with E-state index in [1.165, 1.54) is 0 Å². The van der Waals surface area contributed by atoms with Crippen molar-refractivity contribution in [1.82, 2.24) is 19.7 Å². The Bertz CT molecular complexity index is 683. The van der Waals surface area contributed by atoms with Gasteiger partial charge in [-0.1, -0.05) is 11.6 Å². The number of nitrogens with zero attached hydrogens (tertiary/aromatic N) is 4. The van der Waals surface area contributed by atoms with Crippen molar-refractivity contribution in [2.45, 2.75) is 20.4 Å². The average molecular weight is 322 g/mol. The number of nitrogens with one attached hydrogen (secondary N) is 1. The standard InChI is InChI=1S/C15H20ClN5O/c1-10-5-6-17-13(7-10)18-14(22)9-20(3)8-12-15(16)11(2)19-21(12)4/h5-7H,8-9H2,1-4H3,(H,17,18,22). The molecule has 2 aromatic heterocycles. The van der Waals surface area contributed by atoms with Crippen LogP contribution in [0, 0.1) is 13.8 Å². The Morgan fingerprint density at radius 3 is 2.77 bits per heavy atom. The second-order valence-corrected chi connectivity index (χ2v) is 5.79. The van der Waals surface area contributed by atoms with Crippen LogP contribution < -0.4 is 5.32 Å². The van der Waals surface area contributed by atoms with Crippen LogP contribution in [0.25, 0.3) is 0 Å². The van der Waals surface area contributed by atoms with E-state index in [9.17, 15) is 4.79 Å². The third-order valence-electron chi connectivity index (χ3n) is 3.28. The summed E-state index contributed by atoms with van der Waals surface area (Å²) in [6.07, 6.45) is 1.67. The Labute approximate surface area is 135 Å². The van der Waals surface area contributed by atoms with Gasteiger partial charge in [-0.05, 0) is 38.6 Å². The number of carbonyl (C=O) groups excluding carboxylic acids is 1. The lowest BCUT2D eigenvalue weighted by atomic mass is 10.3. The Kier molecular flexibility index (Phi) is 5.15. The van der Waals surface area contributed by atoms with Gasteiger partial charge in [0.1, 0.15) is 5.82 Å². The number of amides is 1. The van der Waals surface area contributed by atoms with E-state index in [1.54, 1.807) is 10.9 Å². The van der Waals surface area contributed by atoms with Crippen molar-refractivity contribution < 1.29 is 4.79 Å². The van der Waals surface area contributed by atoms with Crippen LogP contribution in [-0.4, -0.2) is 39.2 Å². The third-order valence-corrected chi connectivity index (χ3v) is 3.77. The van der Waals surface area contributed by atoms with Gasteiger partial charge in [-0.15, -0.1) is 0 Å². The van der Waals surface area contributed by atoms with Gasteiger partial charge in [-0.3, -0.25) is 14.4 Å². The molecular formula is C15H20ClN5O. The highest BCUT2D eigenvalue weighted by atomic mass is 35.5. The van der Waals surface area contributed by atoms with Gasteiger partial charge in [0.15, 0.2) is 0 Å². The molecule has 0 aliphatic rings. The molecule has 0 fully saturated rings. The first-order valence-electron chi connectivity index (χ1n) is 6.96. The second kappa shape index (κ2) is 6.89. The molecule has 0 aliphatic heterocycles. The maximum Gasteiger partial charge on any atom is 0.239 e. The lowest BCUT2D eigenvalue weighted by Gasteiger charge is -2.16. The fourth-order valence-corrected chi connectivity index (χ4v) is 2.42. The number of aromatic nitrogens is 3. The van der Waals surface area contributed by atoms with Crippen LogP contribution in [0.1, 0.15) is 17.0 Å². The molecule has 7 heteroatoms. The molecule has 2 aromatic rings. The maximum absolute atomic E-state index is 12.1. The van der Waals surface area contributed by atoms with E-state index >= 15 is 0 Å². The predicted molar refractivity (Wildman–Crippen MR) is 86.9 cm³/mol. The fraction of sp³-hybridized carbons (Fsp3) is 0.400. The van der Waals surface area contributed by atoms with E-state index in [1.807, 2.05) is 45.0 Å². The molecule has 0 saturated carbocycles. The van der Waals surface area contributed by atoms with Crippen molar-refractivity contribution in [1.29, 1.82) is 0 Å². The highest BCUT2D eigenvalue weighted by molar-refractivity contribution is 6.31. The molecule has 0 aromatic carbocycles. The lowest BCUT2D eigenvalue weighted by Crippen LogP contribution is -2.30. The van der Waals surface area contributed by atoms with Crippen molar-refractivity contribution in [2.75, 3.05) is 18.9 Å². The first-order chi connectivity index (χ1) is 10.4. The summed E-state index contributed by atoms with van der Waals surface area (Å²) in [7, 11) is 3.71. The fourth-order valence-electron chi connectivity index (χ4n) is 2.20. The number of aryl methyl sites for hydroxylation is 3. The van der Waals surface area contributed by atoms with Crippen molar-refractivity contribution in [3.63, 3.8) is 0 Å². The summed E-state index contributed by atoms with van der Waals surface area (Å²) in [6.45, 7) is 4.61. The van der Waals surface area contributed by atoms with Crippen molar-refractivity contribution in [2.24, 2.45) is 7.05 Å². The summed E-state index contributed by atoms with van der Waals surface area (Å²) >= 11 is 6.22. The van der Waals surface area contributed by atoms with E-state index in [0.717, 1.165) is 17.0 Å². The van der Waals surface area contributed by atoms with Crippen LogP contribution in [-0.2, 0) is 18.4 Å². The van der Waals surface area contributed by atoms with Gasteiger partial charge >= 0.3 is 0 Å². The van der Waals surface area contributed by atoms with Crippen molar-refractivity contribution in [3.8, 4) is 0 Å². The quantitative estimate of drug-likeness (QED) is 0.916. The monoisotopic (exact) mass is 321 g/mol. The molecule has 2 rings (SSSR count). The largest absolute Gasteiger partial charge is 0.310 e. The Morgan fingerprint density at radius 2 is 2.18 bits per heavy atom. The SMILES string of the molecule is Cc1ccnc(NC(=O)CN(C)Cc2c(Cl)c(C)nn2C)c1. The average Bonchev–Trinajstić information content (AvgIpc) is 2.65. The normalized spacial score (nSPS) is 11.0. The van der Waals surface area contributed by atoms with Crippen LogP contribution in [0.15, 0.2) is 18.3 Å².